The average Bonchev–Trinajstić information content (AvgIpc) is 2.73. The Hall–Kier alpha value is -2.98. The number of rotatable bonds is 4. The van der Waals surface area contributed by atoms with Crippen LogP contribution in [0.1, 0.15) is 42.1 Å². The number of fused-ring (bicyclic) bond motifs is 1. The number of hydrogen-bond acceptors (Lipinski definition) is 6. The number of ether oxygens (including phenoxy) is 1. The van der Waals surface area contributed by atoms with E-state index in [2.05, 4.69) is 15.3 Å². The third-order valence-corrected chi connectivity index (χ3v) is 5.26. The summed E-state index contributed by atoms with van der Waals surface area (Å²) in [5, 5.41) is 13.8. The van der Waals surface area contributed by atoms with Gasteiger partial charge in [-0.25, -0.2) is 9.97 Å². The van der Waals surface area contributed by atoms with Gasteiger partial charge >= 0.3 is 6.18 Å². The highest BCUT2D eigenvalue weighted by molar-refractivity contribution is 5.88. The number of aliphatic hydroxyl groups excluding tert-OH is 1. The molecule has 0 saturated carbocycles. The number of hydrogen-bond donors (Lipinski definition) is 2. The lowest BCUT2D eigenvalue weighted by Gasteiger charge is -2.25. The van der Waals surface area contributed by atoms with Crippen LogP contribution in [0.25, 0.3) is 10.9 Å². The maximum absolute atomic E-state index is 13.0. The van der Waals surface area contributed by atoms with Gasteiger partial charge in [0.1, 0.15) is 11.6 Å². The van der Waals surface area contributed by atoms with Crippen molar-refractivity contribution in [3.8, 4) is 0 Å². The van der Waals surface area contributed by atoms with Crippen LogP contribution in [0.3, 0.4) is 0 Å². The number of nitrogens with one attached hydrogen (secondary N) is 1. The van der Waals surface area contributed by atoms with E-state index in [1.54, 1.807) is 17.7 Å². The largest absolute Gasteiger partial charge is 0.416 e. The van der Waals surface area contributed by atoms with Crippen molar-refractivity contribution in [1.82, 2.24) is 14.5 Å². The van der Waals surface area contributed by atoms with E-state index in [0.717, 1.165) is 12.1 Å². The highest BCUT2D eigenvalue weighted by Crippen LogP contribution is 2.31. The summed E-state index contributed by atoms with van der Waals surface area (Å²) in [5.74, 6) is 0.586. The van der Waals surface area contributed by atoms with Crippen molar-refractivity contribution in [2.45, 2.75) is 38.2 Å². The van der Waals surface area contributed by atoms with Crippen molar-refractivity contribution < 1.29 is 23.0 Å². The van der Waals surface area contributed by atoms with Gasteiger partial charge in [0, 0.05) is 37.1 Å². The highest BCUT2D eigenvalue weighted by Gasteiger charge is 2.31. The summed E-state index contributed by atoms with van der Waals surface area (Å²) >= 11 is 0. The fourth-order valence-electron chi connectivity index (χ4n) is 3.69. The number of anilines is 1. The van der Waals surface area contributed by atoms with Gasteiger partial charge in [0.05, 0.1) is 16.5 Å². The molecule has 1 fully saturated rings. The van der Waals surface area contributed by atoms with E-state index in [1.165, 1.54) is 18.2 Å². The Balaban J connectivity index is 1.72. The Morgan fingerprint density at radius 3 is 2.68 bits per heavy atom. The van der Waals surface area contributed by atoms with Gasteiger partial charge in [0.15, 0.2) is 6.23 Å². The Morgan fingerprint density at radius 1 is 1.23 bits per heavy atom. The van der Waals surface area contributed by atoms with Gasteiger partial charge in [-0.05, 0) is 31.9 Å². The summed E-state index contributed by atoms with van der Waals surface area (Å²) in [6.07, 6.45) is -2.95. The van der Waals surface area contributed by atoms with E-state index in [4.69, 9.17) is 4.74 Å². The first kappa shape index (κ1) is 21.3. The Morgan fingerprint density at radius 2 is 1.97 bits per heavy atom. The van der Waals surface area contributed by atoms with Crippen LogP contribution < -0.4 is 10.9 Å². The smallest absolute Gasteiger partial charge is 0.381 e. The second-order valence-electron chi connectivity index (χ2n) is 7.45. The molecule has 10 heteroatoms. The first-order valence-corrected chi connectivity index (χ1v) is 9.82. The van der Waals surface area contributed by atoms with Crippen molar-refractivity contribution >= 4 is 16.7 Å². The number of aliphatic hydroxyl groups is 1. The zero-order chi connectivity index (χ0) is 22.2. The van der Waals surface area contributed by atoms with E-state index in [-0.39, 0.29) is 23.0 Å². The molecule has 0 amide bonds. The second kappa shape index (κ2) is 8.27. The zero-order valence-electron chi connectivity index (χ0n) is 16.7. The Labute approximate surface area is 175 Å². The van der Waals surface area contributed by atoms with Crippen molar-refractivity contribution in [2.24, 2.45) is 0 Å². The highest BCUT2D eigenvalue weighted by atomic mass is 19.4. The molecule has 0 spiro atoms. The van der Waals surface area contributed by atoms with Crippen LogP contribution in [-0.4, -0.2) is 32.9 Å². The van der Waals surface area contributed by atoms with Gasteiger partial charge in [0.25, 0.3) is 5.56 Å². The van der Waals surface area contributed by atoms with Crippen LogP contribution in [0, 0.1) is 6.92 Å². The van der Waals surface area contributed by atoms with E-state index in [1.807, 2.05) is 0 Å². The molecule has 7 nitrogen and oxygen atoms in total. The maximum Gasteiger partial charge on any atom is 0.416 e. The van der Waals surface area contributed by atoms with E-state index in [0.29, 0.717) is 42.8 Å². The molecule has 2 aromatic heterocycles. The minimum absolute atomic E-state index is 0.0341. The minimum atomic E-state index is -4.52. The summed E-state index contributed by atoms with van der Waals surface area (Å²) in [6.45, 7) is 2.74. The van der Waals surface area contributed by atoms with Gasteiger partial charge in [-0.2, -0.15) is 13.2 Å². The molecule has 1 aliphatic rings. The van der Waals surface area contributed by atoms with Crippen LogP contribution in [0.5, 0.6) is 0 Å². The molecule has 1 atom stereocenters. The number of pyridine rings is 1. The van der Waals surface area contributed by atoms with Gasteiger partial charge in [-0.3, -0.25) is 4.79 Å². The first-order valence-electron chi connectivity index (χ1n) is 9.82. The number of aryl methyl sites for hydroxylation is 1. The molecule has 3 aromatic rings. The quantitative estimate of drug-likeness (QED) is 0.611. The predicted molar refractivity (Wildman–Crippen MR) is 108 cm³/mol. The third-order valence-electron chi connectivity index (χ3n) is 5.26. The van der Waals surface area contributed by atoms with E-state index in [9.17, 15) is 23.1 Å². The van der Waals surface area contributed by atoms with Crippen molar-refractivity contribution in [1.29, 1.82) is 0 Å². The monoisotopic (exact) mass is 434 g/mol. The molecule has 1 aromatic carbocycles. The van der Waals surface area contributed by atoms with Crippen molar-refractivity contribution in [3.63, 3.8) is 0 Å². The first-order chi connectivity index (χ1) is 14.7. The summed E-state index contributed by atoms with van der Waals surface area (Å²) in [7, 11) is 0. The fraction of sp³-hybridized carbons (Fsp3) is 0.381. The molecule has 0 aliphatic carbocycles. The maximum atomic E-state index is 13.0. The Kier molecular flexibility index (Phi) is 5.67. The molecule has 0 bridgehead atoms. The molecule has 2 N–H and O–H groups in total. The fourth-order valence-corrected chi connectivity index (χ4v) is 3.69. The standard InChI is InChI=1S/C21H21F3N4O3/c1-12-25-17-10-18(29)28(15-5-7-31-8-6-15)11-16(17)19(26-12)27-20(30)13-3-2-4-14(9-13)21(22,23)24/h2-4,9-11,15,20,30H,5-8H2,1H3,(H,25,26,27). The number of alkyl halides is 3. The normalized spacial score (nSPS) is 16.4. The van der Waals surface area contributed by atoms with Gasteiger partial charge < -0.3 is 19.7 Å². The molecule has 4 rings (SSSR count). The average molecular weight is 434 g/mol. The van der Waals surface area contributed by atoms with Crippen LogP contribution in [0.4, 0.5) is 19.0 Å². The lowest BCUT2D eigenvalue weighted by Crippen LogP contribution is -2.28. The summed E-state index contributed by atoms with van der Waals surface area (Å²) in [5.41, 5.74) is -0.638. The second-order valence-corrected chi connectivity index (χ2v) is 7.45. The minimum Gasteiger partial charge on any atom is -0.381 e. The summed E-state index contributed by atoms with van der Waals surface area (Å²) in [4.78, 5) is 21.2. The Bertz CT molecular complexity index is 1160. The molecule has 1 aliphatic heterocycles. The lowest BCUT2D eigenvalue weighted by molar-refractivity contribution is -0.137. The lowest BCUT2D eigenvalue weighted by atomic mass is 10.1. The van der Waals surface area contributed by atoms with Crippen LogP contribution in [0.15, 0.2) is 41.3 Å². The van der Waals surface area contributed by atoms with Crippen LogP contribution in [0.2, 0.25) is 0 Å². The van der Waals surface area contributed by atoms with E-state index < -0.39 is 18.0 Å². The molecule has 3 heterocycles. The number of aromatic nitrogens is 3. The zero-order valence-corrected chi connectivity index (χ0v) is 16.7. The molecule has 0 radical (unpaired) electrons. The van der Waals surface area contributed by atoms with Crippen LogP contribution >= 0.6 is 0 Å². The topological polar surface area (TPSA) is 89.3 Å². The van der Waals surface area contributed by atoms with E-state index >= 15 is 0 Å². The van der Waals surface area contributed by atoms with Crippen molar-refractivity contribution in [3.05, 3.63) is 63.8 Å². The summed E-state index contributed by atoms with van der Waals surface area (Å²) < 4.78 is 46.0. The van der Waals surface area contributed by atoms with Crippen LogP contribution in [-0.2, 0) is 10.9 Å². The number of nitrogens with zero attached hydrogens (tertiary/aromatic N) is 3. The molecule has 31 heavy (non-hydrogen) atoms. The number of halogens is 3. The number of benzene rings is 1. The molecular formula is C21H21F3N4O3. The molecule has 1 saturated heterocycles. The summed E-state index contributed by atoms with van der Waals surface area (Å²) in [6, 6.07) is 5.81. The predicted octanol–water partition coefficient (Wildman–Crippen LogP) is 3.57. The van der Waals surface area contributed by atoms with Gasteiger partial charge in [-0.15, -0.1) is 0 Å². The molecule has 1 unspecified atom stereocenters. The SMILES string of the molecule is Cc1nc(NC(O)c2cccc(C(F)(F)F)c2)c2cn(C3CCOCC3)c(=O)cc2n1. The molecule has 164 valence electrons. The molecular weight excluding hydrogens is 413 g/mol. The third kappa shape index (κ3) is 4.54. The van der Waals surface area contributed by atoms with Crippen molar-refractivity contribution in [2.75, 3.05) is 18.5 Å². The van der Waals surface area contributed by atoms with Gasteiger partial charge in [0.2, 0.25) is 0 Å². The van der Waals surface area contributed by atoms with Gasteiger partial charge in [-0.1, -0.05) is 12.1 Å².